The first-order valence-corrected chi connectivity index (χ1v) is 6.59. The maximum Gasteiger partial charge on any atom is 0.339 e. The predicted octanol–water partition coefficient (Wildman–Crippen LogP) is 3.31. The third kappa shape index (κ3) is 3.27. The van der Waals surface area contributed by atoms with E-state index in [1.165, 1.54) is 7.11 Å². The minimum absolute atomic E-state index is 0.382. The van der Waals surface area contributed by atoms with Crippen LogP contribution in [0, 0.1) is 6.92 Å². The van der Waals surface area contributed by atoms with Crippen LogP contribution in [-0.2, 0) is 4.74 Å². The van der Waals surface area contributed by atoms with Gasteiger partial charge >= 0.3 is 5.97 Å². The fourth-order valence-corrected chi connectivity index (χ4v) is 2.17. The highest BCUT2D eigenvalue weighted by atomic mass is 79.9. The summed E-state index contributed by atoms with van der Waals surface area (Å²) in [6.45, 7) is 1.72. The van der Waals surface area contributed by atoms with Crippen molar-refractivity contribution in [3.8, 4) is 11.6 Å². The Morgan fingerprint density at radius 1 is 1.30 bits per heavy atom. The number of pyridine rings is 1. The number of carbonyl (C=O) groups excluding carboxylic acids is 1. The minimum Gasteiger partial charge on any atom is -0.465 e. The van der Waals surface area contributed by atoms with Crippen molar-refractivity contribution in [2.75, 3.05) is 12.8 Å². The Kier molecular flexibility index (Phi) is 4.24. The van der Waals surface area contributed by atoms with E-state index in [0.717, 1.165) is 4.47 Å². The molecule has 2 aromatic rings. The lowest BCUT2D eigenvalue weighted by Crippen LogP contribution is -2.05. The Balaban J connectivity index is 2.26. The van der Waals surface area contributed by atoms with E-state index in [9.17, 15) is 4.79 Å². The predicted molar refractivity (Wildman–Crippen MR) is 78.9 cm³/mol. The Labute approximate surface area is 124 Å². The van der Waals surface area contributed by atoms with Gasteiger partial charge in [-0.25, -0.2) is 9.78 Å². The molecule has 0 amide bonds. The molecule has 20 heavy (non-hydrogen) atoms. The quantitative estimate of drug-likeness (QED) is 0.687. The first-order valence-electron chi connectivity index (χ1n) is 5.79. The number of rotatable bonds is 3. The highest BCUT2D eigenvalue weighted by Gasteiger charge is 2.11. The van der Waals surface area contributed by atoms with Crippen LogP contribution in [-0.4, -0.2) is 18.1 Å². The molecule has 0 atom stereocenters. The molecule has 6 heteroatoms. The molecule has 104 valence electrons. The Morgan fingerprint density at radius 3 is 2.65 bits per heavy atom. The molecule has 0 bridgehead atoms. The lowest BCUT2D eigenvalue weighted by atomic mass is 10.2. The van der Waals surface area contributed by atoms with Gasteiger partial charge in [0.25, 0.3) is 0 Å². The van der Waals surface area contributed by atoms with Gasteiger partial charge in [0.2, 0.25) is 5.88 Å². The number of hydrogen-bond donors (Lipinski definition) is 1. The molecule has 1 aromatic heterocycles. The molecule has 0 saturated heterocycles. The van der Waals surface area contributed by atoms with Gasteiger partial charge in [-0.2, -0.15) is 0 Å². The van der Waals surface area contributed by atoms with Crippen LogP contribution in [0.4, 0.5) is 5.69 Å². The average Bonchev–Trinajstić information content (AvgIpc) is 2.36. The van der Waals surface area contributed by atoms with Crippen molar-refractivity contribution in [1.29, 1.82) is 0 Å². The zero-order chi connectivity index (χ0) is 14.7. The topological polar surface area (TPSA) is 74.4 Å². The molecule has 1 aromatic carbocycles. The molecule has 5 nitrogen and oxygen atoms in total. The monoisotopic (exact) mass is 336 g/mol. The number of nitrogens with zero attached hydrogens (tertiary/aromatic N) is 1. The minimum atomic E-state index is -0.423. The summed E-state index contributed by atoms with van der Waals surface area (Å²) in [5, 5.41) is 0. The number of aryl methyl sites for hydroxylation is 1. The number of methoxy groups -OCH3 is 1. The second-order valence-corrected chi connectivity index (χ2v) is 5.01. The number of nitrogens with two attached hydrogens (primary N) is 1. The fourth-order valence-electron chi connectivity index (χ4n) is 1.68. The van der Waals surface area contributed by atoms with E-state index in [-0.39, 0.29) is 0 Å². The molecule has 0 unspecified atom stereocenters. The van der Waals surface area contributed by atoms with E-state index in [0.29, 0.717) is 28.6 Å². The maximum atomic E-state index is 11.5. The van der Waals surface area contributed by atoms with Crippen molar-refractivity contribution < 1.29 is 14.3 Å². The summed E-state index contributed by atoms with van der Waals surface area (Å²) >= 11 is 3.34. The zero-order valence-electron chi connectivity index (χ0n) is 11.0. The first-order chi connectivity index (χ1) is 9.49. The number of nitrogen functional groups attached to an aromatic ring is 1. The van der Waals surface area contributed by atoms with Gasteiger partial charge < -0.3 is 15.2 Å². The van der Waals surface area contributed by atoms with E-state index in [2.05, 4.69) is 25.7 Å². The van der Waals surface area contributed by atoms with Crippen LogP contribution >= 0.6 is 15.9 Å². The van der Waals surface area contributed by atoms with Gasteiger partial charge in [0.15, 0.2) is 0 Å². The van der Waals surface area contributed by atoms with Crippen molar-refractivity contribution in [2.24, 2.45) is 0 Å². The molecule has 0 radical (unpaired) electrons. The number of hydrogen-bond acceptors (Lipinski definition) is 5. The highest BCUT2D eigenvalue weighted by Crippen LogP contribution is 2.27. The average molecular weight is 337 g/mol. The van der Waals surface area contributed by atoms with Gasteiger partial charge in [-0.3, -0.25) is 0 Å². The van der Waals surface area contributed by atoms with Crippen LogP contribution < -0.4 is 10.5 Å². The van der Waals surface area contributed by atoms with Gasteiger partial charge in [0, 0.05) is 22.3 Å². The summed E-state index contributed by atoms with van der Waals surface area (Å²) in [6, 6.07) is 8.46. The Bertz CT molecular complexity index is 639. The standard InChI is InChI=1S/C14H13BrN2O3/c1-8-12(14(18)19-2)3-4-13(17-8)20-11-6-9(15)5-10(16)7-11/h3-7H,16H2,1-2H3. The van der Waals surface area contributed by atoms with Crippen molar-refractivity contribution in [1.82, 2.24) is 4.98 Å². The fraction of sp³-hybridized carbons (Fsp3) is 0.143. The van der Waals surface area contributed by atoms with Crippen molar-refractivity contribution in [2.45, 2.75) is 6.92 Å². The van der Waals surface area contributed by atoms with Crippen LogP contribution in [0.25, 0.3) is 0 Å². The second-order valence-electron chi connectivity index (χ2n) is 4.10. The molecule has 2 N–H and O–H groups in total. The maximum absolute atomic E-state index is 11.5. The van der Waals surface area contributed by atoms with Crippen molar-refractivity contribution in [3.05, 3.63) is 46.1 Å². The number of aromatic nitrogens is 1. The number of benzene rings is 1. The van der Waals surface area contributed by atoms with E-state index >= 15 is 0 Å². The van der Waals surface area contributed by atoms with Crippen molar-refractivity contribution >= 4 is 27.6 Å². The summed E-state index contributed by atoms with van der Waals surface area (Å²) in [7, 11) is 1.33. The van der Waals surface area contributed by atoms with Gasteiger partial charge in [-0.05, 0) is 25.1 Å². The van der Waals surface area contributed by atoms with E-state index < -0.39 is 5.97 Å². The van der Waals surface area contributed by atoms with Crippen LogP contribution in [0.1, 0.15) is 16.1 Å². The molecule has 1 heterocycles. The molecule has 0 aliphatic heterocycles. The first kappa shape index (κ1) is 14.3. The molecule has 2 rings (SSSR count). The van der Waals surface area contributed by atoms with Crippen LogP contribution in [0.3, 0.4) is 0 Å². The van der Waals surface area contributed by atoms with Crippen LogP contribution in [0.5, 0.6) is 11.6 Å². The third-order valence-electron chi connectivity index (χ3n) is 2.58. The Hall–Kier alpha value is -2.08. The van der Waals surface area contributed by atoms with E-state index in [1.807, 2.05) is 0 Å². The molecular weight excluding hydrogens is 324 g/mol. The molecule has 0 fully saturated rings. The number of halogens is 1. The summed E-state index contributed by atoms with van der Waals surface area (Å²) in [5.74, 6) is 0.524. The summed E-state index contributed by atoms with van der Waals surface area (Å²) < 4.78 is 11.1. The summed E-state index contributed by atoms with van der Waals surface area (Å²) in [6.07, 6.45) is 0. The number of carbonyl (C=O) groups is 1. The molecular formula is C14H13BrN2O3. The molecule has 0 aliphatic carbocycles. The third-order valence-corrected chi connectivity index (χ3v) is 3.04. The lowest BCUT2D eigenvalue weighted by Gasteiger charge is -2.08. The van der Waals surface area contributed by atoms with Crippen molar-refractivity contribution in [3.63, 3.8) is 0 Å². The van der Waals surface area contributed by atoms with Gasteiger partial charge in [-0.15, -0.1) is 0 Å². The summed E-state index contributed by atoms with van der Waals surface area (Å²) in [4.78, 5) is 15.7. The SMILES string of the molecule is COC(=O)c1ccc(Oc2cc(N)cc(Br)c2)nc1C. The van der Waals surface area contributed by atoms with Crippen LogP contribution in [0.2, 0.25) is 0 Å². The van der Waals surface area contributed by atoms with Gasteiger partial charge in [0.05, 0.1) is 18.4 Å². The molecule has 0 spiro atoms. The van der Waals surface area contributed by atoms with Gasteiger partial charge in [0.1, 0.15) is 5.75 Å². The number of esters is 1. The number of anilines is 1. The smallest absolute Gasteiger partial charge is 0.339 e. The molecule has 0 aliphatic rings. The van der Waals surface area contributed by atoms with Gasteiger partial charge in [-0.1, -0.05) is 15.9 Å². The van der Waals surface area contributed by atoms with Crippen LogP contribution in [0.15, 0.2) is 34.8 Å². The molecule has 0 saturated carbocycles. The van der Waals surface area contributed by atoms with E-state index in [4.69, 9.17) is 10.5 Å². The van der Waals surface area contributed by atoms with E-state index in [1.54, 1.807) is 37.3 Å². The zero-order valence-corrected chi connectivity index (χ0v) is 12.6. The highest BCUT2D eigenvalue weighted by molar-refractivity contribution is 9.10. The lowest BCUT2D eigenvalue weighted by molar-refractivity contribution is 0.0599. The summed E-state index contributed by atoms with van der Waals surface area (Å²) in [5.41, 5.74) is 7.26. The normalized spacial score (nSPS) is 10.2. The second kappa shape index (κ2) is 5.92. The Morgan fingerprint density at radius 2 is 2.05 bits per heavy atom. The number of ether oxygens (including phenoxy) is 2. The largest absolute Gasteiger partial charge is 0.465 e.